The first-order chi connectivity index (χ1) is 8.63. The van der Waals surface area contributed by atoms with E-state index >= 15 is 0 Å². The molecule has 104 valence electrons. The van der Waals surface area contributed by atoms with E-state index in [1.54, 1.807) is 6.08 Å². The standard InChI is InChI=1S/C13H15NO4.BrH/c1-14-11(13(16)17)9-18-12(15)8-7-10-5-3-2-4-6-10;/h2-8,11,14H,9H2,1H3,(H,16,17);1H. The van der Waals surface area contributed by atoms with Gasteiger partial charge < -0.3 is 15.2 Å². The number of rotatable bonds is 6. The largest absolute Gasteiger partial charge is 0.480 e. The highest BCUT2D eigenvalue weighted by molar-refractivity contribution is 8.93. The number of ether oxygens (including phenoxy) is 1. The molecule has 0 aliphatic carbocycles. The summed E-state index contributed by atoms with van der Waals surface area (Å²) in [5.41, 5.74) is 0.873. The molecule has 0 aromatic heterocycles. The monoisotopic (exact) mass is 329 g/mol. The Balaban J connectivity index is 0.00000324. The number of nitrogens with one attached hydrogen (secondary N) is 1. The van der Waals surface area contributed by atoms with Gasteiger partial charge in [-0.2, -0.15) is 0 Å². The van der Waals surface area contributed by atoms with Crippen molar-refractivity contribution in [1.82, 2.24) is 5.32 Å². The lowest BCUT2D eigenvalue weighted by Crippen LogP contribution is -2.38. The first kappa shape index (κ1) is 17.3. The molecule has 1 unspecified atom stereocenters. The molecule has 0 aliphatic rings. The predicted octanol–water partition coefficient (Wildman–Crippen LogP) is 1.49. The Morgan fingerprint density at radius 1 is 1.37 bits per heavy atom. The second kappa shape index (κ2) is 9.29. The van der Waals surface area contributed by atoms with Gasteiger partial charge in [-0.15, -0.1) is 17.0 Å². The third kappa shape index (κ3) is 6.73. The molecule has 1 rings (SSSR count). The fraction of sp³-hybridized carbons (Fsp3) is 0.231. The van der Waals surface area contributed by atoms with E-state index in [1.165, 1.54) is 13.1 Å². The fourth-order valence-electron chi connectivity index (χ4n) is 1.22. The van der Waals surface area contributed by atoms with E-state index in [1.807, 2.05) is 30.3 Å². The van der Waals surface area contributed by atoms with Crippen LogP contribution in [-0.4, -0.2) is 36.7 Å². The summed E-state index contributed by atoms with van der Waals surface area (Å²) in [6, 6.07) is 8.38. The number of carbonyl (C=O) groups is 2. The highest BCUT2D eigenvalue weighted by Gasteiger charge is 2.16. The number of carbonyl (C=O) groups excluding carboxylic acids is 1. The van der Waals surface area contributed by atoms with Crippen molar-refractivity contribution in [2.75, 3.05) is 13.7 Å². The van der Waals surface area contributed by atoms with Crippen LogP contribution < -0.4 is 5.32 Å². The van der Waals surface area contributed by atoms with E-state index in [2.05, 4.69) is 5.32 Å². The predicted molar refractivity (Wildman–Crippen MR) is 77.2 cm³/mol. The van der Waals surface area contributed by atoms with Gasteiger partial charge in [0.05, 0.1) is 0 Å². The minimum absolute atomic E-state index is 0. The molecule has 0 aliphatic heterocycles. The lowest BCUT2D eigenvalue weighted by molar-refractivity contribution is -0.145. The van der Waals surface area contributed by atoms with Crippen molar-refractivity contribution in [3.63, 3.8) is 0 Å². The molecule has 0 bridgehead atoms. The Morgan fingerprint density at radius 3 is 2.53 bits per heavy atom. The van der Waals surface area contributed by atoms with Crippen molar-refractivity contribution in [3.05, 3.63) is 42.0 Å². The van der Waals surface area contributed by atoms with E-state index in [0.717, 1.165) is 5.56 Å². The topological polar surface area (TPSA) is 75.6 Å². The van der Waals surface area contributed by atoms with Gasteiger partial charge in [-0.25, -0.2) is 4.79 Å². The Kier molecular flexibility index (Phi) is 8.48. The maximum Gasteiger partial charge on any atom is 0.330 e. The van der Waals surface area contributed by atoms with Gasteiger partial charge >= 0.3 is 11.9 Å². The molecular formula is C13H16BrNO4. The van der Waals surface area contributed by atoms with Gasteiger partial charge in [0.2, 0.25) is 0 Å². The summed E-state index contributed by atoms with van der Waals surface area (Å²) in [6.07, 6.45) is 2.88. The van der Waals surface area contributed by atoms with Crippen molar-refractivity contribution < 1.29 is 19.4 Å². The van der Waals surface area contributed by atoms with Crippen LogP contribution in [0.3, 0.4) is 0 Å². The van der Waals surface area contributed by atoms with E-state index in [9.17, 15) is 9.59 Å². The van der Waals surface area contributed by atoms with Crippen molar-refractivity contribution in [1.29, 1.82) is 0 Å². The first-order valence-corrected chi connectivity index (χ1v) is 5.43. The molecule has 19 heavy (non-hydrogen) atoms. The van der Waals surface area contributed by atoms with Gasteiger partial charge in [0.15, 0.2) is 0 Å². The summed E-state index contributed by atoms with van der Waals surface area (Å²) in [7, 11) is 1.49. The molecule has 0 fully saturated rings. The fourth-order valence-corrected chi connectivity index (χ4v) is 1.22. The second-order valence-electron chi connectivity index (χ2n) is 3.55. The van der Waals surface area contributed by atoms with Crippen LogP contribution in [0.25, 0.3) is 6.08 Å². The number of carboxylic acids is 1. The summed E-state index contributed by atoms with van der Waals surface area (Å²) < 4.78 is 4.81. The number of carboxylic acid groups (broad SMARTS) is 1. The Hall–Kier alpha value is -1.66. The molecule has 0 amide bonds. The van der Waals surface area contributed by atoms with Crippen molar-refractivity contribution in [2.24, 2.45) is 0 Å². The molecule has 0 spiro atoms. The average molecular weight is 330 g/mol. The minimum Gasteiger partial charge on any atom is -0.480 e. The molecule has 0 radical (unpaired) electrons. The number of benzene rings is 1. The van der Waals surface area contributed by atoms with E-state index in [0.29, 0.717) is 0 Å². The Labute approximate surface area is 122 Å². The molecule has 5 nitrogen and oxygen atoms in total. The van der Waals surface area contributed by atoms with Crippen LogP contribution in [0.2, 0.25) is 0 Å². The summed E-state index contributed by atoms with van der Waals surface area (Å²) in [4.78, 5) is 22.0. The molecule has 0 saturated carbocycles. The smallest absolute Gasteiger partial charge is 0.330 e. The number of halogens is 1. The zero-order valence-corrected chi connectivity index (χ0v) is 12.1. The molecule has 1 aromatic rings. The van der Waals surface area contributed by atoms with Crippen molar-refractivity contribution in [2.45, 2.75) is 6.04 Å². The molecule has 0 saturated heterocycles. The minimum atomic E-state index is -1.06. The number of esters is 1. The van der Waals surface area contributed by atoms with Crippen LogP contribution in [0, 0.1) is 0 Å². The number of likely N-dealkylation sites (N-methyl/N-ethyl adjacent to an activating group) is 1. The van der Waals surface area contributed by atoms with Gasteiger partial charge in [0.1, 0.15) is 12.6 Å². The van der Waals surface area contributed by atoms with Gasteiger partial charge in [0.25, 0.3) is 0 Å². The van der Waals surface area contributed by atoms with Gasteiger partial charge in [0, 0.05) is 6.08 Å². The van der Waals surface area contributed by atoms with Crippen LogP contribution in [0.1, 0.15) is 5.56 Å². The lowest BCUT2D eigenvalue weighted by Gasteiger charge is -2.10. The van der Waals surface area contributed by atoms with Crippen LogP contribution in [0.4, 0.5) is 0 Å². The van der Waals surface area contributed by atoms with Gasteiger partial charge in [-0.05, 0) is 18.7 Å². The molecule has 1 aromatic carbocycles. The maximum atomic E-state index is 11.3. The quantitative estimate of drug-likeness (QED) is 0.611. The van der Waals surface area contributed by atoms with Gasteiger partial charge in [-0.1, -0.05) is 30.3 Å². The Bertz CT molecular complexity index is 434. The zero-order valence-electron chi connectivity index (χ0n) is 10.4. The third-order valence-corrected chi connectivity index (χ3v) is 2.25. The number of hydrogen-bond donors (Lipinski definition) is 2. The van der Waals surface area contributed by atoms with Crippen LogP contribution in [0.15, 0.2) is 36.4 Å². The maximum absolute atomic E-state index is 11.3. The highest BCUT2D eigenvalue weighted by atomic mass is 79.9. The van der Waals surface area contributed by atoms with Crippen LogP contribution >= 0.6 is 17.0 Å². The summed E-state index contributed by atoms with van der Waals surface area (Å²) in [5, 5.41) is 11.3. The summed E-state index contributed by atoms with van der Waals surface area (Å²) >= 11 is 0. The molecule has 1 atom stereocenters. The third-order valence-electron chi connectivity index (χ3n) is 2.25. The second-order valence-corrected chi connectivity index (χ2v) is 3.55. The SMILES string of the molecule is Br.CNC(COC(=O)C=Cc1ccccc1)C(=O)O. The van der Waals surface area contributed by atoms with Crippen LogP contribution in [-0.2, 0) is 14.3 Å². The van der Waals surface area contributed by atoms with E-state index in [4.69, 9.17) is 9.84 Å². The molecular weight excluding hydrogens is 314 g/mol. The van der Waals surface area contributed by atoms with Gasteiger partial charge in [-0.3, -0.25) is 4.79 Å². The lowest BCUT2D eigenvalue weighted by atomic mass is 10.2. The molecule has 6 heteroatoms. The summed E-state index contributed by atoms with van der Waals surface area (Å²) in [5.74, 6) is -1.63. The highest BCUT2D eigenvalue weighted by Crippen LogP contribution is 2.01. The Morgan fingerprint density at radius 2 is 2.00 bits per heavy atom. The van der Waals surface area contributed by atoms with E-state index in [-0.39, 0.29) is 23.6 Å². The number of hydrogen-bond acceptors (Lipinski definition) is 4. The average Bonchev–Trinajstić information content (AvgIpc) is 2.38. The van der Waals surface area contributed by atoms with Crippen molar-refractivity contribution in [3.8, 4) is 0 Å². The van der Waals surface area contributed by atoms with Crippen molar-refractivity contribution >= 4 is 35.0 Å². The van der Waals surface area contributed by atoms with Crippen LogP contribution in [0.5, 0.6) is 0 Å². The molecule has 2 N–H and O–H groups in total. The normalized spacial score (nSPS) is 11.6. The first-order valence-electron chi connectivity index (χ1n) is 5.43. The number of aliphatic carboxylic acids is 1. The van der Waals surface area contributed by atoms with E-state index < -0.39 is 18.0 Å². The summed E-state index contributed by atoms with van der Waals surface area (Å²) in [6.45, 7) is -0.205. The zero-order chi connectivity index (χ0) is 13.4. The molecule has 0 heterocycles.